The molecule has 2 aromatic heterocycles. The van der Waals surface area contributed by atoms with E-state index in [1.807, 2.05) is 13.8 Å². The fraction of sp³-hybridized carbons (Fsp3) is 0.222. The lowest BCUT2D eigenvalue weighted by molar-refractivity contribution is 1.18. The van der Waals surface area contributed by atoms with Crippen LogP contribution in [0.4, 0.5) is 0 Å². The summed E-state index contributed by atoms with van der Waals surface area (Å²) in [7, 11) is 0. The summed E-state index contributed by atoms with van der Waals surface area (Å²) in [6.07, 6.45) is 0. The third-order valence-electron chi connectivity index (χ3n) is 1.87. The molecule has 0 radical (unpaired) electrons. The Labute approximate surface area is 79.1 Å². The number of nitrogens with one attached hydrogen (secondary N) is 1. The number of aryl methyl sites for hydroxylation is 2. The molecular formula is C9H9BrN2. The Morgan fingerprint density at radius 1 is 1.33 bits per heavy atom. The lowest BCUT2D eigenvalue weighted by Gasteiger charge is -1.95. The highest BCUT2D eigenvalue weighted by atomic mass is 79.9. The molecule has 0 aromatic carbocycles. The van der Waals surface area contributed by atoms with Gasteiger partial charge in [0.1, 0.15) is 5.65 Å². The molecule has 0 unspecified atom stereocenters. The monoisotopic (exact) mass is 224 g/mol. The number of aromatic nitrogens is 2. The lowest BCUT2D eigenvalue weighted by Crippen LogP contribution is -1.83. The van der Waals surface area contributed by atoms with Crippen molar-refractivity contribution < 1.29 is 0 Å². The number of aromatic amines is 1. The lowest BCUT2D eigenvalue weighted by atomic mass is 10.3. The maximum Gasteiger partial charge on any atom is 0.137 e. The Kier molecular flexibility index (Phi) is 1.68. The number of hydrogen-bond donors (Lipinski definition) is 1. The molecule has 0 spiro atoms. The van der Waals surface area contributed by atoms with E-state index in [0.717, 1.165) is 26.9 Å². The number of pyridine rings is 1. The first kappa shape index (κ1) is 7.80. The van der Waals surface area contributed by atoms with Gasteiger partial charge in [0.25, 0.3) is 0 Å². The summed E-state index contributed by atoms with van der Waals surface area (Å²) < 4.78 is 1.06. The summed E-state index contributed by atoms with van der Waals surface area (Å²) in [6.45, 7) is 4.02. The molecule has 1 N–H and O–H groups in total. The quantitative estimate of drug-likeness (QED) is 0.733. The summed E-state index contributed by atoms with van der Waals surface area (Å²) >= 11 is 3.45. The Balaban J connectivity index is 2.83. The first-order valence-corrected chi connectivity index (χ1v) is 4.58. The third-order valence-corrected chi connectivity index (χ3v) is 2.67. The zero-order chi connectivity index (χ0) is 8.72. The van der Waals surface area contributed by atoms with Crippen LogP contribution in [0.2, 0.25) is 0 Å². The molecule has 62 valence electrons. The first-order chi connectivity index (χ1) is 5.66. The molecule has 0 saturated carbocycles. The highest BCUT2D eigenvalue weighted by molar-refractivity contribution is 9.10. The Hall–Kier alpha value is -0.830. The molecule has 2 aromatic rings. The van der Waals surface area contributed by atoms with E-state index in [-0.39, 0.29) is 0 Å². The van der Waals surface area contributed by atoms with Crippen LogP contribution in [0.5, 0.6) is 0 Å². The predicted molar refractivity (Wildman–Crippen MR) is 53.3 cm³/mol. The summed E-state index contributed by atoms with van der Waals surface area (Å²) in [4.78, 5) is 7.59. The van der Waals surface area contributed by atoms with E-state index in [2.05, 4.69) is 38.0 Å². The van der Waals surface area contributed by atoms with E-state index in [0.29, 0.717) is 0 Å². The van der Waals surface area contributed by atoms with Crippen LogP contribution in [0.25, 0.3) is 11.0 Å². The minimum Gasteiger partial charge on any atom is -0.344 e. The van der Waals surface area contributed by atoms with Gasteiger partial charge in [0, 0.05) is 15.6 Å². The topological polar surface area (TPSA) is 28.7 Å². The molecule has 12 heavy (non-hydrogen) atoms. The molecule has 2 heterocycles. The normalized spacial score (nSPS) is 10.9. The summed E-state index contributed by atoms with van der Waals surface area (Å²) in [5, 5.41) is 1.16. The molecule has 0 saturated heterocycles. The van der Waals surface area contributed by atoms with Crippen LogP contribution >= 0.6 is 15.9 Å². The number of H-pyrrole nitrogens is 1. The van der Waals surface area contributed by atoms with E-state index in [9.17, 15) is 0 Å². The number of rotatable bonds is 0. The largest absolute Gasteiger partial charge is 0.344 e. The van der Waals surface area contributed by atoms with Gasteiger partial charge in [-0.15, -0.1) is 0 Å². The Morgan fingerprint density at radius 2 is 2.08 bits per heavy atom. The SMILES string of the molecule is Cc1cc2cc(Br)c(C)nc2[nH]1. The fourth-order valence-corrected chi connectivity index (χ4v) is 1.60. The second-order valence-electron chi connectivity index (χ2n) is 2.95. The maximum atomic E-state index is 4.39. The van der Waals surface area contributed by atoms with Gasteiger partial charge in [-0.25, -0.2) is 4.98 Å². The molecule has 0 bridgehead atoms. The molecule has 0 aliphatic heterocycles. The Morgan fingerprint density at radius 3 is 2.83 bits per heavy atom. The molecule has 0 atom stereocenters. The van der Waals surface area contributed by atoms with Gasteiger partial charge in [-0.2, -0.15) is 0 Å². The van der Waals surface area contributed by atoms with E-state index >= 15 is 0 Å². The van der Waals surface area contributed by atoms with Crippen LogP contribution in [0.15, 0.2) is 16.6 Å². The Bertz CT molecular complexity index is 392. The third kappa shape index (κ3) is 1.14. The van der Waals surface area contributed by atoms with Crippen LogP contribution in [-0.2, 0) is 0 Å². The smallest absolute Gasteiger partial charge is 0.137 e. The molecular weight excluding hydrogens is 216 g/mol. The number of hydrogen-bond acceptors (Lipinski definition) is 1. The van der Waals surface area contributed by atoms with E-state index in [1.165, 1.54) is 0 Å². The van der Waals surface area contributed by atoms with Crippen LogP contribution < -0.4 is 0 Å². The van der Waals surface area contributed by atoms with Crippen molar-refractivity contribution in [3.63, 3.8) is 0 Å². The zero-order valence-electron chi connectivity index (χ0n) is 6.98. The number of fused-ring (bicyclic) bond motifs is 1. The molecule has 0 aliphatic rings. The van der Waals surface area contributed by atoms with Crippen molar-refractivity contribution >= 4 is 27.0 Å². The van der Waals surface area contributed by atoms with E-state index in [1.54, 1.807) is 0 Å². The maximum absolute atomic E-state index is 4.39. The molecule has 0 aliphatic carbocycles. The zero-order valence-corrected chi connectivity index (χ0v) is 8.57. The highest BCUT2D eigenvalue weighted by Gasteiger charge is 2.01. The van der Waals surface area contributed by atoms with Crippen LogP contribution in [0.3, 0.4) is 0 Å². The van der Waals surface area contributed by atoms with Gasteiger partial charge in [0.05, 0.1) is 5.69 Å². The van der Waals surface area contributed by atoms with Gasteiger partial charge >= 0.3 is 0 Å². The minimum atomic E-state index is 0.966. The summed E-state index contributed by atoms with van der Waals surface area (Å²) in [5.74, 6) is 0. The van der Waals surface area contributed by atoms with Gasteiger partial charge in [-0.3, -0.25) is 0 Å². The van der Waals surface area contributed by atoms with Crippen LogP contribution in [0, 0.1) is 13.8 Å². The van der Waals surface area contributed by atoms with Crippen molar-refractivity contribution in [2.24, 2.45) is 0 Å². The van der Waals surface area contributed by atoms with Gasteiger partial charge in [-0.05, 0) is 41.9 Å². The second kappa shape index (κ2) is 2.59. The van der Waals surface area contributed by atoms with Crippen molar-refractivity contribution in [3.05, 3.63) is 28.0 Å². The standard InChI is InChI=1S/C9H9BrN2/c1-5-3-7-4-8(10)6(2)12-9(7)11-5/h3-4H,1-2H3,(H,11,12). The molecule has 3 heteroatoms. The molecule has 2 rings (SSSR count). The van der Waals surface area contributed by atoms with Gasteiger partial charge < -0.3 is 4.98 Å². The van der Waals surface area contributed by atoms with Gasteiger partial charge in [-0.1, -0.05) is 0 Å². The van der Waals surface area contributed by atoms with Crippen molar-refractivity contribution in [3.8, 4) is 0 Å². The number of nitrogens with zero attached hydrogens (tertiary/aromatic N) is 1. The van der Waals surface area contributed by atoms with E-state index < -0.39 is 0 Å². The average molecular weight is 225 g/mol. The predicted octanol–water partition coefficient (Wildman–Crippen LogP) is 2.94. The number of halogens is 1. The van der Waals surface area contributed by atoms with Crippen molar-refractivity contribution in [2.75, 3.05) is 0 Å². The van der Waals surface area contributed by atoms with Crippen LogP contribution in [0.1, 0.15) is 11.4 Å². The first-order valence-electron chi connectivity index (χ1n) is 3.79. The minimum absolute atomic E-state index is 0.966. The second-order valence-corrected chi connectivity index (χ2v) is 3.80. The molecule has 0 amide bonds. The van der Waals surface area contributed by atoms with Crippen LogP contribution in [-0.4, -0.2) is 9.97 Å². The highest BCUT2D eigenvalue weighted by Crippen LogP contribution is 2.20. The fourth-order valence-electron chi connectivity index (χ4n) is 1.26. The van der Waals surface area contributed by atoms with Gasteiger partial charge in [0.2, 0.25) is 0 Å². The van der Waals surface area contributed by atoms with Crippen molar-refractivity contribution in [1.29, 1.82) is 0 Å². The summed E-state index contributed by atoms with van der Waals surface area (Å²) in [6, 6.07) is 4.17. The van der Waals surface area contributed by atoms with Gasteiger partial charge in [0.15, 0.2) is 0 Å². The molecule has 2 nitrogen and oxygen atoms in total. The molecule has 0 fully saturated rings. The summed E-state index contributed by atoms with van der Waals surface area (Å²) in [5.41, 5.74) is 3.13. The average Bonchev–Trinajstić information content (AvgIpc) is 2.30. The van der Waals surface area contributed by atoms with Crippen molar-refractivity contribution in [2.45, 2.75) is 13.8 Å². The van der Waals surface area contributed by atoms with Crippen molar-refractivity contribution in [1.82, 2.24) is 9.97 Å². The van der Waals surface area contributed by atoms with E-state index in [4.69, 9.17) is 0 Å².